The second kappa shape index (κ2) is 6.95. The number of anilines is 1. The Balaban J connectivity index is 1.55. The number of hydrogen-bond donors (Lipinski definition) is 0. The van der Waals surface area contributed by atoms with Crippen LogP contribution >= 0.6 is 0 Å². The molecule has 2 aromatic heterocycles. The Bertz CT molecular complexity index is 1000. The molecule has 4 rings (SSSR count). The van der Waals surface area contributed by atoms with Crippen LogP contribution in [0.2, 0.25) is 0 Å². The number of urea groups is 1. The molecule has 28 heavy (non-hydrogen) atoms. The maximum absolute atomic E-state index is 12.9. The highest BCUT2D eigenvalue weighted by Crippen LogP contribution is 2.26. The SMILES string of the molecule is Cc1noc(C)c1Cn1cc(N2C(=O)[C@H](C)N(Cc3ccccc3)C2=O)cn1. The quantitative estimate of drug-likeness (QED) is 0.637. The Hall–Kier alpha value is -3.42. The van der Waals surface area contributed by atoms with Crippen LogP contribution < -0.4 is 4.90 Å². The predicted octanol–water partition coefficient (Wildman–Crippen LogP) is 2.89. The van der Waals surface area contributed by atoms with Gasteiger partial charge in [0.25, 0.3) is 5.91 Å². The van der Waals surface area contributed by atoms with Gasteiger partial charge in [0, 0.05) is 18.3 Å². The van der Waals surface area contributed by atoms with Crippen molar-refractivity contribution in [1.82, 2.24) is 19.8 Å². The molecule has 3 heterocycles. The van der Waals surface area contributed by atoms with E-state index >= 15 is 0 Å². The maximum atomic E-state index is 12.9. The Kier molecular flexibility index (Phi) is 4.46. The highest BCUT2D eigenvalue weighted by molar-refractivity contribution is 6.21. The van der Waals surface area contributed by atoms with Crippen molar-refractivity contribution in [3.05, 3.63) is 65.3 Å². The molecule has 1 aliphatic heterocycles. The summed E-state index contributed by atoms with van der Waals surface area (Å²) in [5, 5.41) is 8.24. The lowest BCUT2D eigenvalue weighted by Crippen LogP contribution is -2.33. The zero-order valence-corrected chi connectivity index (χ0v) is 16.0. The summed E-state index contributed by atoms with van der Waals surface area (Å²) in [5.74, 6) is 0.475. The van der Waals surface area contributed by atoms with Crippen LogP contribution in [0.4, 0.5) is 10.5 Å². The Morgan fingerprint density at radius 2 is 1.86 bits per heavy atom. The van der Waals surface area contributed by atoms with Crippen molar-refractivity contribution < 1.29 is 14.1 Å². The van der Waals surface area contributed by atoms with Crippen LogP contribution in [0.25, 0.3) is 0 Å². The fourth-order valence-corrected chi connectivity index (χ4v) is 3.38. The second-order valence-corrected chi connectivity index (χ2v) is 6.94. The van der Waals surface area contributed by atoms with E-state index in [2.05, 4.69) is 10.3 Å². The minimum Gasteiger partial charge on any atom is -0.361 e. The first kappa shape index (κ1) is 18.0. The number of amides is 3. The van der Waals surface area contributed by atoms with E-state index in [1.807, 2.05) is 44.2 Å². The van der Waals surface area contributed by atoms with Crippen LogP contribution in [0.5, 0.6) is 0 Å². The van der Waals surface area contributed by atoms with Crippen molar-refractivity contribution in [2.75, 3.05) is 4.90 Å². The van der Waals surface area contributed by atoms with Gasteiger partial charge in [-0.15, -0.1) is 0 Å². The Labute approximate surface area is 162 Å². The summed E-state index contributed by atoms with van der Waals surface area (Å²) in [5.41, 5.74) is 3.17. The highest BCUT2D eigenvalue weighted by atomic mass is 16.5. The van der Waals surface area contributed by atoms with Gasteiger partial charge in [-0.05, 0) is 26.3 Å². The van der Waals surface area contributed by atoms with Crippen LogP contribution in [0, 0.1) is 13.8 Å². The lowest BCUT2D eigenvalue weighted by Gasteiger charge is -2.19. The Morgan fingerprint density at radius 1 is 1.11 bits per heavy atom. The monoisotopic (exact) mass is 379 g/mol. The van der Waals surface area contributed by atoms with Crippen LogP contribution in [0.15, 0.2) is 47.2 Å². The molecule has 0 bridgehead atoms. The normalized spacial score (nSPS) is 17.0. The molecule has 0 N–H and O–H groups in total. The first-order valence-electron chi connectivity index (χ1n) is 9.08. The molecule has 1 fully saturated rings. The molecule has 1 saturated heterocycles. The first-order valence-corrected chi connectivity index (χ1v) is 9.08. The molecule has 8 heteroatoms. The summed E-state index contributed by atoms with van der Waals surface area (Å²) >= 11 is 0. The summed E-state index contributed by atoms with van der Waals surface area (Å²) in [7, 11) is 0. The number of rotatable bonds is 5. The van der Waals surface area contributed by atoms with E-state index in [1.54, 1.807) is 22.7 Å². The lowest BCUT2D eigenvalue weighted by molar-refractivity contribution is -0.119. The number of imide groups is 1. The first-order chi connectivity index (χ1) is 13.5. The Morgan fingerprint density at radius 3 is 2.54 bits per heavy atom. The molecule has 8 nitrogen and oxygen atoms in total. The van der Waals surface area contributed by atoms with Gasteiger partial charge in [-0.1, -0.05) is 35.5 Å². The molecule has 0 aliphatic carbocycles. The van der Waals surface area contributed by atoms with Gasteiger partial charge in [-0.3, -0.25) is 9.48 Å². The smallest absolute Gasteiger partial charge is 0.332 e. The molecule has 0 unspecified atom stereocenters. The van der Waals surface area contributed by atoms with Crippen LogP contribution in [0.3, 0.4) is 0 Å². The number of carbonyl (C=O) groups is 2. The molecule has 3 aromatic rings. The molecule has 0 spiro atoms. The summed E-state index contributed by atoms with van der Waals surface area (Å²) < 4.78 is 6.85. The molecule has 144 valence electrons. The van der Waals surface area contributed by atoms with Crippen molar-refractivity contribution in [2.45, 2.75) is 39.9 Å². The number of hydrogen-bond acceptors (Lipinski definition) is 5. The molecule has 3 amide bonds. The van der Waals surface area contributed by atoms with Gasteiger partial charge in [0.2, 0.25) is 0 Å². The molecule has 1 atom stereocenters. The molecule has 0 radical (unpaired) electrons. The summed E-state index contributed by atoms with van der Waals surface area (Å²) in [6.45, 7) is 6.30. The predicted molar refractivity (Wildman–Crippen MR) is 102 cm³/mol. The maximum Gasteiger partial charge on any atom is 0.332 e. The minimum atomic E-state index is -0.529. The topological polar surface area (TPSA) is 84.5 Å². The lowest BCUT2D eigenvalue weighted by atomic mass is 10.2. The van der Waals surface area contributed by atoms with Crippen molar-refractivity contribution in [2.24, 2.45) is 0 Å². The zero-order valence-electron chi connectivity index (χ0n) is 16.0. The summed E-state index contributed by atoms with van der Waals surface area (Å²) in [6.07, 6.45) is 3.23. The van der Waals surface area contributed by atoms with E-state index in [0.717, 1.165) is 22.6 Å². The second-order valence-electron chi connectivity index (χ2n) is 6.94. The van der Waals surface area contributed by atoms with Crippen LogP contribution in [-0.2, 0) is 17.9 Å². The van der Waals surface area contributed by atoms with E-state index in [0.29, 0.717) is 18.8 Å². The average Bonchev–Trinajstić information content (AvgIpc) is 3.33. The van der Waals surface area contributed by atoms with Crippen molar-refractivity contribution in [3.8, 4) is 0 Å². The van der Waals surface area contributed by atoms with Gasteiger partial charge < -0.3 is 9.42 Å². The third kappa shape index (κ3) is 3.06. The van der Waals surface area contributed by atoms with Crippen molar-refractivity contribution in [3.63, 3.8) is 0 Å². The van der Waals surface area contributed by atoms with Gasteiger partial charge in [0.15, 0.2) is 0 Å². The minimum absolute atomic E-state index is 0.252. The van der Waals surface area contributed by atoms with Gasteiger partial charge in [-0.25, -0.2) is 9.69 Å². The van der Waals surface area contributed by atoms with Crippen LogP contribution in [0.1, 0.15) is 29.5 Å². The fraction of sp³-hybridized carbons (Fsp3) is 0.300. The number of aromatic nitrogens is 3. The summed E-state index contributed by atoms with van der Waals surface area (Å²) in [4.78, 5) is 28.5. The largest absolute Gasteiger partial charge is 0.361 e. The molecule has 1 aliphatic rings. The van der Waals surface area contributed by atoms with E-state index in [9.17, 15) is 9.59 Å². The van der Waals surface area contributed by atoms with Crippen LogP contribution in [-0.4, -0.2) is 37.8 Å². The van der Waals surface area contributed by atoms with E-state index in [4.69, 9.17) is 4.52 Å². The molecule has 0 saturated carbocycles. The summed E-state index contributed by atoms with van der Waals surface area (Å²) in [6, 6.07) is 8.77. The number of benzene rings is 1. The standard InChI is InChI=1S/C20H21N5O3/c1-13-18(15(3)28-22-13)12-23-11-17(9-21-23)25-19(26)14(2)24(20(25)27)10-16-7-5-4-6-8-16/h4-9,11,14H,10,12H2,1-3H3/t14-/m0/s1. The number of aryl methyl sites for hydroxylation is 2. The van der Waals surface area contributed by atoms with Crippen molar-refractivity contribution >= 4 is 17.6 Å². The third-order valence-electron chi connectivity index (χ3n) is 5.06. The fourth-order valence-electron chi connectivity index (χ4n) is 3.38. The molecular weight excluding hydrogens is 358 g/mol. The van der Waals surface area contributed by atoms with E-state index < -0.39 is 6.04 Å². The van der Waals surface area contributed by atoms with E-state index in [1.165, 1.54) is 11.1 Å². The van der Waals surface area contributed by atoms with E-state index in [-0.39, 0.29) is 11.9 Å². The van der Waals surface area contributed by atoms with Gasteiger partial charge in [0.05, 0.1) is 24.1 Å². The van der Waals surface area contributed by atoms with Gasteiger partial charge in [0.1, 0.15) is 11.8 Å². The molecule has 1 aromatic carbocycles. The zero-order chi connectivity index (χ0) is 19.8. The average molecular weight is 379 g/mol. The number of nitrogens with zero attached hydrogens (tertiary/aromatic N) is 5. The number of carbonyl (C=O) groups excluding carboxylic acids is 2. The third-order valence-corrected chi connectivity index (χ3v) is 5.06. The van der Waals surface area contributed by atoms with Gasteiger partial charge >= 0.3 is 6.03 Å². The highest BCUT2D eigenvalue weighted by Gasteiger charge is 2.43. The van der Waals surface area contributed by atoms with Gasteiger partial charge in [-0.2, -0.15) is 5.10 Å². The van der Waals surface area contributed by atoms with Crippen molar-refractivity contribution in [1.29, 1.82) is 0 Å². The molecular formula is C20H21N5O3.